The maximum atomic E-state index is 12.8. The van der Waals surface area contributed by atoms with Crippen LogP contribution in [0.4, 0.5) is 0 Å². The van der Waals surface area contributed by atoms with Crippen molar-refractivity contribution in [3.63, 3.8) is 0 Å². The number of ether oxygens (including phenoxy) is 10. The molecule has 0 unspecified atom stereocenters. The van der Waals surface area contributed by atoms with Crippen LogP contribution in [0.15, 0.2) is 73.8 Å². The molecule has 0 aliphatic heterocycles. The Kier molecular flexibility index (Phi) is 38.3. The van der Waals surface area contributed by atoms with Gasteiger partial charge < -0.3 is 47.4 Å². The van der Waals surface area contributed by atoms with Crippen LogP contribution in [0, 0.1) is 0 Å². The molecular weight excluding hydrogens is 1220 g/mol. The zero-order valence-corrected chi connectivity index (χ0v) is 59.0. The third kappa shape index (κ3) is 29.4. The topological polar surface area (TPSA) is 195 Å². The Bertz CT molecular complexity index is 2770. The Morgan fingerprint density at radius 3 is 0.750 bits per heavy atom. The number of fused-ring (bicyclic) bond motifs is 8. The van der Waals surface area contributed by atoms with E-state index in [1.807, 2.05) is 0 Å². The van der Waals surface area contributed by atoms with Gasteiger partial charge in [0.05, 0.1) is 66.1 Å². The number of carbonyl (C=O) groups excluding carboxylic acids is 6. The molecule has 0 saturated carbocycles. The summed E-state index contributed by atoms with van der Waals surface area (Å²) in [5.74, 6) is -0.724. The summed E-state index contributed by atoms with van der Waals surface area (Å²) in [5.41, 5.74) is 12.5. The third-order valence-corrected chi connectivity index (χ3v) is 16.7. The Hall–Kier alpha value is -7.62. The van der Waals surface area contributed by atoms with Crippen molar-refractivity contribution >= 4 is 35.8 Å². The molecule has 16 heteroatoms. The highest BCUT2D eigenvalue weighted by Crippen LogP contribution is 2.42. The van der Waals surface area contributed by atoms with E-state index in [4.69, 9.17) is 47.4 Å². The largest absolute Gasteiger partial charge is 0.493 e. The van der Waals surface area contributed by atoms with Crippen LogP contribution in [0.5, 0.6) is 23.0 Å². The van der Waals surface area contributed by atoms with E-state index in [9.17, 15) is 28.8 Å². The predicted molar refractivity (Wildman–Crippen MR) is 376 cm³/mol. The van der Waals surface area contributed by atoms with Crippen LogP contribution < -0.4 is 18.9 Å². The van der Waals surface area contributed by atoms with Crippen molar-refractivity contribution in [1.29, 1.82) is 0 Å². The van der Waals surface area contributed by atoms with Gasteiger partial charge in [0.25, 0.3) is 0 Å². The van der Waals surface area contributed by atoms with Crippen molar-refractivity contribution in [2.24, 2.45) is 0 Å². The zero-order chi connectivity index (χ0) is 69.1. The number of esters is 6. The average molecular weight is 1330 g/mol. The van der Waals surface area contributed by atoms with Crippen LogP contribution in [0.25, 0.3) is 0 Å². The van der Waals surface area contributed by atoms with Gasteiger partial charge in [0.2, 0.25) is 0 Å². The van der Waals surface area contributed by atoms with Gasteiger partial charge >= 0.3 is 35.8 Å². The Balaban J connectivity index is 1.88. The number of benzene rings is 4. The normalized spacial score (nSPS) is 11.6. The molecule has 1 aliphatic rings. The summed E-state index contributed by atoms with van der Waals surface area (Å²) >= 11 is 0. The van der Waals surface area contributed by atoms with Gasteiger partial charge in [0.15, 0.2) is 0 Å². The highest BCUT2D eigenvalue weighted by molar-refractivity contribution is 5.91. The molecule has 0 spiro atoms. The first kappa shape index (κ1) is 79.1. The molecule has 1 aliphatic carbocycles. The number of hydrogen-bond acceptors (Lipinski definition) is 16. The molecule has 8 bridgehead atoms. The van der Waals surface area contributed by atoms with Crippen LogP contribution in [0.1, 0.15) is 250 Å². The minimum Gasteiger partial charge on any atom is -0.493 e. The number of hydrogen-bond donors (Lipinski definition) is 0. The standard InChI is InChI=1S/C80H112O16/c1-9-17-21-25-33-59-45-63-53-67-49-61(35-27-23-19-11-3)51-69(79(67)95-43-31-39-91-75(85)57-73(83)87-15-7)55-65-47-60(34-26-22-18-10-2)48-66(78(65)94-42-30-38-90-72(82)14-6)56-70-52-62(36-28-24-20-12-4)50-68(54-64(46-59)77(63)93-41-29-37-89-71(81)13-5)80(70)96-44-32-40-92-76(86)58-74(84)88-16-8/h13-14,45-52H,5-6,9-12,15-44,53-58H2,1-4,7-8H3. The summed E-state index contributed by atoms with van der Waals surface area (Å²) < 4.78 is 60.6. The molecule has 5 rings (SSSR count). The summed E-state index contributed by atoms with van der Waals surface area (Å²) in [7, 11) is 0. The summed E-state index contributed by atoms with van der Waals surface area (Å²) in [6.07, 6.45) is 25.2. The van der Waals surface area contributed by atoms with Crippen molar-refractivity contribution in [1.82, 2.24) is 0 Å². The van der Waals surface area contributed by atoms with Crippen molar-refractivity contribution in [3.8, 4) is 23.0 Å². The first-order valence-electron chi connectivity index (χ1n) is 36.1. The highest BCUT2D eigenvalue weighted by Gasteiger charge is 2.26. The number of carbonyl (C=O) groups is 6. The molecule has 0 amide bonds. The summed E-state index contributed by atoms with van der Waals surface area (Å²) in [6, 6.07) is 18.4. The van der Waals surface area contributed by atoms with Crippen LogP contribution in [-0.4, -0.2) is 102 Å². The fourth-order valence-corrected chi connectivity index (χ4v) is 12.0. The lowest BCUT2D eigenvalue weighted by atomic mass is 9.87. The zero-order valence-electron chi connectivity index (χ0n) is 59.0. The minimum atomic E-state index is -0.663. The fourth-order valence-electron chi connectivity index (χ4n) is 12.0. The Morgan fingerprint density at radius 1 is 0.302 bits per heavy atom. The molecular formula is C80H112O16. The van der Waals surface area contributed by atoms with Crippen molar-refractivity contribution in [3.05, 3.63) is 141 Å². The molecule has 96 heavy (non-hydrogen) atoms. The maximum Gasteiger partial charge on any atom is 0.330 e. The predicted octanol–water partition coefficient (Wildman–Crippen LogP) is 16.4. The first-order valence-corrected chi connectivity index (χ1v) is 36.1. The second-order valence-electron chi connectivity index (χ2n) is 24.9. The second-order valence-corrected chi connectivity index (χ2v) is 24.9. The molecule has 0 aromatic heterocycles. The van der Waals surface area contributed by atoms with E-state index >= 15 is 0 Å². The molecule has 0 saturated heterocycles. The molecule has 0 heterocycles. The first-order chi connectivity index (χ1) is 46.8. The molecule has 0 radical (unpaired) electrons. The quantitative estimate of drug-likeness (QED) is 0.0117. The average Bonchev–Trinajstić information content (AvgIpc) is 0.780. The van der Waals surface area contributed by atoms with E-state index in [2.05, 4.69) is 89.4 Å². The second kappa shape index (κ2) is 46.5. The van der Waals surface area contributed by atoms with E-state index in [1.54, 1.807) is 13.8 Å². The van der Waals surface area contributed by atoms with Gasteiger partial charge in [-0.3, -0.25) is 19.2 Å². The lowest BCUT2D eigenvalue weighted by Gasteiger charge is -2.25. The van der Waals surface area contributed by atoms with Crippen molar-refractivity contribution in [2.75, 3.05) is 66.1 Å². The highest BCUT2D eigenvalue weighted by atomic mass is 16.6. The third-order valence-electron chi connectivity index (χ3n) is 16.7. The van der Waals surface area contributed by atoms with Gasteiger partial charge in [-0.2, -0.15) is 0 Å². The number of unbranched alkanes of at least 4 members (excludes halogenated alkanes) is 12. The molecule has 4 aromatic carbocycles. The van der Waals surface area contributed by atoms with Crippen molar-refractivity contribution in [2.45, 2.75) is 234 Å². The van der Waals surface area contributed by atoms with E-state index < -0.39 is 48.7 Å². The fraction of sp³-hybridized carbons (Fsp3) is 0.575. The van der Waals surface area contributed by atoms with Gasteiger partial charge in [-0.05, 0) is 132 Å². The Labute approximate surface area is 573 Å². The molecule has 0 fully saturated rings. The van der Waals surface area contributed by atoms with E-state index in [1.165, 1.54) is 22.3 Å². The minimum absolute atomic E-state index is 0.0301. The Morgan fingerprint density at radius 2 is 0.531 bits per heavy atom. The molecule has 4 aromatic rings. The van der Waals surface area contributed by atoms with E-state index in [0.717, 1.165) is 197 Å². The van der Waals surface area contributed by atoms with Crippen LogP contribution in [0.3, 0.4) is 0 Å². The van der Waals surface area contributed by atoms with Crippen LogP contribution in [0.2, 0.25) is 0 Å². The van der Waals surface area contributed by atoms with Gasteiger partial charge in [-0.25, -0.2) is 9.59 Å². The summed E-state index contributed by atoms with van der Waals surface area (Å²) in [5, 5.41) is 0. The van der Waals surface area contributed by atoms with Gasteiger partial charge in [-0.1, -0.05) is 166 Å². The van der Waals surface area contributed by atoms with Crippen molar-refractivity contribution < 1.29 is 76.1 Å². The lowest BCUT2D eigenvalue weighted by Crippen LogP contribution is -2.16. The monoisotopic (exact) mass is 1330 g/mol. The number of aryl methyl sites for hydroxylation is 4. The van der Waals surface area contributed by atoms with Gasteiger partial charge in [-0.15, -0.1) is 0 Å². The SMILES string of the molecule is C=CC(=O)OCCCOc1c2cc(CCCCCC)cc1Cc1cc(CCCCCC)cc(c1OCCCOC(=O)CC(=O)OCC)Cc1cc(CCCCCC)cc(c1OCCCOC(=O)C=C)Cc1cc(CCCCCC)cc(c1OCCCOC(=O)CC(=O)OCC)C2. The van der Waals surface area contributed by atoms with Gasteiger partial charge in [0, 0.05) is 63.5 Å². The molecule has 16 nitrogen and oxygen atoms in total. The van der Waals surface area contributed by atoms with E-state index in [0.29, 0.717) is 62.9 Å². The van der Waals surface area contributed by atoms with Crippen LogP contribution >= 0.6 is 0 Å². The smallest absolute Gasteiger partial charge is 0.330 e. The van der Waals surface area contributed by atoms with Crippen LogP contribution in [-0.2, 0) is 109 Å². The molecule has 528 valence electrons. The summed E-state index contributed by atoms with van der Waals surface area (Å²) in [4.78, 5) is 74.7. The maximum absolute atomic E-state index is 12.8. The lowest BCUT2D eigenvalue weighted by molar-refractivity contribution is -0.156. The molecule has 0 N–H and O–H groups in total. The van der Waals surface area contributed by atoms with Gasteiger partial charge in [0.1, 0.15) is 35.8 Å². The van der Waals surface area contributed by atoms with E-state index in [-0.39, 0.29) is 66.1 Å². The molecule has 0 atom stereocenters. The summed E-state index contributed by atoms with van der Waals surface area (Å²) in [6.45, 7) is 21.0. The number of rotatable bonds is 48.